The number of halogens is 1. The van der Waals surface area contributed by atoms with Crippen LogP contribution in [-0.2, 0) is 4.74 Å². The molecule has 0 radical (unpaired) electrons. The van der Waals surface area contributed by atoms with E-state index in [1.54, 1.807) is 0 Å². The summed E-state index contributed by atoms with van der Waals surface area (Å²) in [6, 6.07) is 5.87. The molecule has 1 heterocycles. The fourth-order valence-electron chi connectivity index (χ4n) is 1.51. The predicted octanol–water partition coefficient (Wildman–Crippen LogP) is 3.08. The summed E-state index contributed by atoms with van der Waals surface area (Å²) < 4.78 is 5.58. The maximum absolute atomic E-state index is 11.2. The van der Waals surface area contributed by atoms with Crippen molar-refractivity contribution in [3.8, 4) is 0 Å². The maximum Gasteiger partial charge on any atom is 0.358 e. The number of carbonyl (C=O) groups excluding carboxylic acids is 1. The van der Waals surface area contributed by atoms with E-state index >= 15 is 0 Å². The number of aromatic nitrogens is 2. The summed E-state index contributed by atoms with van der Waals surface area (Å²) in [5, 5.41) is 3.14. The van der Waals surface area contributed by atoms with Gasteiger partial charge in [-0.2, -0.15) is 0 Å². The normalized spacial score (nSPS) is 10.1. The quantitative estimate of drug-likeness (QED) is 0.880. The molecule has 0 unspecified atom stereocenters. The van der Waals surface area contributed by atoms with Crippen LogP contribution in [0.25, 0.3) is 0 Å². The number of hydrogen-bond acceptors (Lipinski definition) is 5. The van der Waals surface area contributed by atoms with E-state index in [9.17, 15) is 4.79 Å². The van der Waals surface area contributed by atoms with Crippen molar-refractivity contribution in [2.75, 3.05) is 12.4 Å². The molecule has 2 rings (SSSR count). The van der Waals surface area contributed by atoms with Crippen molar-refractivity contribution in [3.63, 3.8) is 0 Å². The Kier molecular flexibility index (Phi) is 4.11. The number of esters is 1. The van der Waals surface area contributed by atoms with Gasteiger partial charge in [0, 0.05) is 10.2 Å². The van der Waals surface area contributed by atoms with Crippen LogP contribution in [0, 0.1) is 6.92 Å². The van der Waals surface area contributed by atoms with Crippen molar-refractivity contribution in [1.82, 2.24) is 9.97 Å². The van der Waals surface area contributed by atoms with E-state index in [0.717, 1.165) is 15.7 Å². The summed E-state index contributed by atoms with van der Waals surface area (Å²) >= 11 is 3.41. The molecule has 0 spiro atoms. The minimum absolute atomic E-state index is 0.181. The molecular weight excluding hydrogens is 310 g/mol. The molecule has 0 bridgehead atoms. The van der Waals surface area contributed by atoms with Gasteiger partial charge >= 0.3 is 5.97 Å². The van der Waals surface area contributed by atoms with Crippen LogP contribution in [-0.4, -0.2) is 23.0 Å². The zero-order valence-corrected chi connectivity index (χ0v) is 12.1. The molecule has 2 aromatic rings. The highest BCUT2D eigenvalue weighted by Crippen LogP contribution is 2.22. The van der Waals surface area contributed by atoms with Crippen molar-refractivity contribution in [3.05, 3.63) is 46.3 Å². The second kappa shape index (κ2) is 5.79. The van der Waals surface area contributed by atoms with Gasteiger partial charge in [0.1, 0.15) is 5.82 Å². The van der Waals surface area contributed by atoms with Gasteiger partial charge < -0.3 is 10.1 Å². The molecule has 98 valence electrons. The van der Waals surface area contributed by atoms with E-state index in [1.165, 1.54) is 19.5 Å². The van der Waals surface area contributed by atoms with Crippen LogP contribution in [0.2, 0.25) is 0 Å². The highest BCUT2D eigenvalue weighted by molar-refractivity contribution is 9.10. The largest absolute Gasteiger partial charge is 0.464 e. The van der Waals surface area contributed by atoms with Crippen LogP contribution in [0.15, 0.2) is 35.1 Å². The molecule has 0 saturated carbocycles. The van der Waals surface area contributed by atoms with Crippen molar-refractivity contribution in [1.29, 1.82) is 0 Å². The number of benzene rings is 1. The Morgan fingerprint density at radius 1 is 1.32 bits per heavy atom. The monoisotopic (exact) mass is 321 g/mol. The molecule has 0 aliphatic carbocycles. The Morgan fingerprint density at radius 2 is 2.11 bits per heavy atom. The van der Waals surface area contributed by atoms with Crippen LogP contribution < -0.4 is 5.32 Å². The summed E-state index contributed by atoms with van der Waals surface area (Å²) in [6.07, 6.45) is 2.87. The van der Waals surface area contributed by atoms with Crippen LogP contribution in [0.1, 0.15) is 16.1 Å². The average molecular weight is 322 g/mol. The van der Waals surface area contributed by atoms with Gasteiger partial charge in [0.25, 0.3) is 0 Å². The summed E-state index contributed by atoms with van der Waals surface area (Å²) in [5.74, 6) is 0.0666. The minimum atomic E-state index is -0.501. The van der Waals surface area contributed by atoms with E-state index < -0.39 is 5.97 Å². The lowest BCUT2D eigenvalue weighted by atomic mass is 10.2. The summed E-state index contributed by atoms with van der Waals surface area (Å²) in [7, 11) is 1.31. The van der Waals surface area contributed by atoms with Crippen molar-refractivity contribution < 1.29 is 9.53 Å². The third kappa shape index (κ3) is 3.29. The zero-order valence-electron chi connectivity index (χ0n) is 10.5. The third-order valence-corrected chi connectivity index (χ3v) is 2.99. The number of anilines is 2. The number of carbonyl (C=O) groups is 1. The lowest BCUT2D eigenvalue weighted by Crippen LogP contribution is -2.06. The summed E-state index contributed by atoms with van der Waals surface area (Å²) in [5.41, 5.74) is 2.19. The molecule has 0 aliphatic heterocycles. The molecular formula is C13H12BrN3O2. The standard InChI is InChI=1S/C13H12BrN3O2/c1-8-5-9(14)3-4-10(8)17-12-7-15-11(6-16-12)13(18)19-2/h3-7H,1-2H3,(H,16,17). The topological polar surface area (TPSA) is 64.1 Å². The Balaban J connectivity index is 2.17. The van der Waals surface area contributed by atoms with Gasteiger partial charge in [-0.3, -0.25) is 0 Å². The molecule has 0 aliphatic rings. The summed E-state index contributed by atoms with van der Waals surface area (Å²) in [4.78, 5) is 19.3. The van der Waals surface area contributed by atoms with Gasteiger partial charge in [-0.15, -0.1) is 0 Å². The number of hydrogen-bond donors (Lipinski definition) is 1. The molecule has 1 aromatic heterocycles. The fourth-order valence-corrected chi connectivity index (χ4v) is 1.98. The molecule has 0 amide bonds. The Morgan fingerprint density at radius 3 is 2.68 bits per heavy atom. The number of rotatable bonds is 3. The molecule has 1 N–H and O–H groups in total. The number of ether oxygens (including phenoxy) is 1. The second-order valence-corrected chi connectivity index (χ2v) is 4.78. The van der Waals surface area contributed by atoms with Crippen molar-refractivity contribution in [2.24, 2.45) is 0 Å². The highest BCUT2D eigenvalue weighted by Gasteiger charge is 2.07. The molecule has 1 aromatic carbocycles. The van der Waals surface area contributed by atoms with Crippen molar-refractivity contribution >= 4 is 33.4 Å². The third-order valence-electron chi connectivity index (χ3n) is 2.50. The van der Waals surface area contributed by atoms with Crippen LogP contribution in [0.3, 0.4) is 0 Å². The predicted molar refractivity (Wildman–Crippen MR) is 75.5 cm³/mol. The molecule has 6 heteroatoms. The van der Waals surface area contributed by atoms with E-state index in [0.29, 0.717) is 5.82 Å². The van der Waals surface area contributed by atoms with Crippen molar-refractivity contribution in [2.45, 2.75) is 6.92 Å². The molecule has 5 nitrogen and oxygen atoms in total. The van der Waals surface area contributed by atoms with Gasteiger partial charge in [-0.25, -0.2) is 14.8 Å². The first-order valence-electron chi connectivity index (χ1n) is 5.53. The van der Waals surface area contributed by atoms with Crippen LogP contribution in [0.5, 0.6) is 0 Å². The fraction of sp³-hybridized carbons (Fsp3) is 0.154. The zero-order chi connectivity index (χ0) is 13.8. The van der Waals surface area contributed by atoms with E-state index in [4.69, 9.17) is 0 Å². The number of methoxy groups -OCH3 is 1. The summed E-state index contributed by atoms with van der Waals surface area (Å²) in [6.45, 7) is 1.99. The van der Waals surface area contributed by atoms with Gasteiger partial charge in [-0.05, 0) is 30.7 Å². The molecule has 0 fully saturated rings. The van der Waals surface area contributed by atoms with Gasteiger partial charge in [-0.1, -0.05) is 15.9 Å². The lowest BCUT2D eigenvalue weighted by molar-refractivity contribution is 0.0593. The molecule has 0 atom stereocenters. The molecule has 19 heavy (non-hydrogen) atoms. The van der Waals surface area contributed by atoms with Gasteiger partial charge in [0.2, 0.25) is 0 Å². The first kappa shape index (κ1) is 13.5. The van der Waals surface area contributed by atoms with E-state index in [-0.39, 0.29) is 5.69 Å². The first-order valence-corrected chi connectivity index (χ1v) is 6.33. The Bertz CT molecular complexity index is 599. The lowest BCUT2D eigenvalue weighted by Gasteiger charge is -2.09. The second-order valence-electron chi connectivity index (χ2n) is 3.86. The smallest absolute Gasteiger partial charge is 0.358 e. The first-order chi connectivity index (χ1) is 9.10. The Hall–Kier alpha value is -1.95. The molecule has 0 saturated heterocycles. The highest BCUT2D eigenvalue weighted by atomic mass is 79.9. The van der Waals surface area contributed by atoms with Crippen LogP contribution >= 0.6 is 15.9 Å². The SMILES string of the molecule is COC(=O)c1cnc(Nc2ccc(Br)cc2C)cn1. The number of aryl methyl sites for hydroxylation is 1. The van der Waals surface area contributed by atoms with E-state index in [1.807, 2.05) is 25.1 Å². The number of nitrogens with one attached hydrogen (secondary N) is 1. The van der Waals surface area contributed by atoms with Gasteiger partial charge in [0.05, 0.1) is 19.5 Å². The number of nitrogens with zero attached hydrogens (tertiary/aromatic N) is 2. The average Bonchev–Trinajstić information content (AvgIpc) is 2.42. The van der Waals surface area contributed by atoms with Crippen LogP contribution in [0.4, 0.5) is 11.5 Å². The maximum atomic E-state index is 11.2. The Labute approximate surface area is 119 Å². The van der Waals surface area contributed by atoms with E-state index in [2.05, 4.69) is 36.0 Å². The minimum Gasteiger partial charge on any atom is -0.464 e. The van der Waals surface area contributed by atoms with Gasteiger partial charge in [0.15, 0.2) is 5.69 Å².